The summed E-state index contributed by atoms with van der Waals surface area (Å²) in [6.45, 7) is 2.06. The zero-order chi connectivity index (χ0) is 16.1. The highest BCUT2D eigenvalue weighted by molar-refractivity contribution is 6.10. The van der Waals surface area contributed by atoms with Crippen LogP contribution < -0.4 is 0 Å². The average Bonchev–Trinajstić information content (AvgIpc) is 2.62. The van der Waals surface area contributed by atoms with Gasteiger partial charge >= 0.3 is 0 Å². The topological polar surface area (TPSA) is 17.1 Å². The molecule has 112 valence electrons. The molecule has 0 fully saturated rings. The standard InChI is InChI=1S/C22H18O/c1-17-12-14-19(15-13-17)21(18-8-4-2-5-9-18)16-22(23)20-10-6-3-7-11-20/h2-16H,1H3/b21-16-. The maximum absolute atomic E-state index is 12.6. The third-order valence-electron chi connectivity index (χ3n) is 3.78. The van der Waals surface area contributed by atoms with Gasteiger partial charge < -0.3 is 0 Å². The van der Waals surface area contributed by atoms with Crippen LogP contribution in [0.5, 0.6) is 0 Å². The molecule has 0 bridgehead atoms. The van der Waals surface area contributed by atoms with Gasteiger partial charge in [0.2, 0.25) is 0 Å². The molecule has 1 nitrogen and oxygen atoms in total. The summed E-state index contributed by atoms with van der Waals surface area (Å²) < 4.78 is 0. The van der Waals surface area contributed by atoms with Crippen molar-refractivity contribution in [1.29, 1.82) is 0 Å². The highest BCUT2D eigenvalue weighted by Gasteiger charge is 2.09. The highest BCUT2D eigenvalue weighted by Crippen LogP contribution is 2.24. The molecule has 3 rings (SSSR count). The molecule has 0 atom stereocenters. The number of hydrogen-bond donors (Lipinski definition) is 0. The van der Waals surface area contributed by atoms with Crippen molar-refractivity contribution >= 4 is 11.4 Å². The van der Waals surface area contributed by atoms with Gasteiger partial charge in [0, 0.05) is 5.56 Å². The minimum absolute atomic E-state index is 0.0185. The molecule has 0 N–H and O–H groups in total. The molecule has 0 aliphatic rings. The average molecular weight is 298 g/mol. The normalized spacial score (nSPS) is 11.3. The molecule has 1 heteroatoms. The number of rotatable bonds is 4. The minimum atomic E-state index is 0.0185. The lowest BCUT2D eigenvalue weighted by Gasteiger charge is -2.09. The SMILES string of the molecule is Cc1ccc(/C(=C\C(=O)c2ccccc2)c2ccccc2)cc1. The predicted molar refractivity (Wildman–Crippen MR) is 95.5 cm³/mol. The van der Waals surface area contributed by atoms with Crippen LogP contribution in [0.3, 0.4) is 0 Å². The monoisotopic (exact) mass is 298 g/mol. The molecule has 0 unspecified atom stereocenters. The lowest BCUT2D eigenvalue weighted by molar-refractivity contribution is 0.104. The summed E-state index contributed by atoms with van der Waals surface area (Å²) in [5.41, 5.74) is 4.94. The lowest BCUT2D eigenvalue weighted by atomic mass is 9.95. The molecule has 23 heavy (non-hydrogen) atoms. The van der Waals surface area contributed by atoms with E-state index in [1.54, 1.807) is 6.08 Å². The molecule has 0 aromatic heterocycles. The maximum atomic E-state index is 12.6. The Bertz CT molecular complexity index is 813. The lowest BCUT2D eigenvalue weighted by Crippen LogP contribution is -1.97. The largest absolute Gasteiger partial charge is 0.289 e. The summed E-state index contributed by atoms with van der Waals surface area (Å²) in [5, 5.41) is 0. The van der Waals surface area contributed by atoms with Crippen LogP contribution in [0.1, 0.15) is 27.0 Å². The van der Waals surface area contributed by atoms with Crippen molar-refractivity contribution in [2.24, 2.45) is 0 Å². The molecule has 0 aliphatic carbocycles. The Kier molecular flexibility index (Phi) is 4.49. The van der Waals surface area contributed by atoms with Gasteiger partial charge in [-0.05, 0) is 29.7 Å². The van der Waals surface area contributed by atoms with Crippen LogP contribution >= 0.6 is 0 Å². The molecule has 0 amide bonds. The van der Waals surface area contributed by atoms with Crippen molar-refractivity contribution in [2.45, 2.75) is 6.92 Å². The van der Waals surface area contributed by atoms with Crippen LogP contribution in [0.15, 0.2) is 91.0 Å². The smallest absolute Gasteiger partial charge is 0.186 e. The molecular formula is C22H18O. The number of hydrogen-bond acceptors (Lipinski definition) is 1. The van der Waals surface area contributed by atoms with Crippen molar-refractivity contribution in [3.05, 3.63) is 113 Å². The summed E-state index contributed by atoms with van der Waals surface area (Å²) in [5.74, 6) is 0.0185. The number of carbonyl (C=O) groups excluding carboxylic acids is 1. The van der Waals surface area contributed by atoms with E-state index in [9.17, 15) is 4.79 Å². The van der Waals surface area contributed by atoms with Crippen molar-refractivity contribution in [2.75, 3.05) is 0 Å². The molecular weight excluding hydrogens is 280 g/mol. The van der Waals surface area contributed by atoms with Gasteiger partial charge in [0.15, 0.2) is 5.78 Å². The van der Waals surface area contributed by atoms with Crippen LogP contribution in [-0.4, -0.2) is 5.78 Å². The van der Waals surface area contributed by atoms with Crippen LogP contribution in [0.25, 0.3) is 5.57 Å². The maximum Gasteiger partial charge on any atom is 0.186 e. The number of allylic oxidation sites excluding steroid dienone is 1. The van der Waals surface area contributed by atoms with E-state index in [1.165, 1.54) is 5.56 Å². The first-order chi connectivity index (χ1) is 11.2. The summed E-state index contributed by atoms with van der Waals surface area (Å²) in [7, 11) is 0. The first kappa shape index (κ1) is 15.0. The third kappa shape index (κ3) is 3.64. The number of aryl methyl sites for hydroxylation is 1. The van der Waals surface area contributed by atoms with E-state index < -0.39 is 0 Å². The minimum Gasteiger partial charge on any atom is -0.289 e. The molecule has 0 spiro atoms. The van der Waals surface area contributed by atoms with Crippen molar-refractivity contribution in [3.63, 3.8) is 0 Å². The molecule has 0 heterocycles. The van der Waals surface area contributed by atoms with Gasteiger partial charge in [0.1, 0.15) is 0 Å². The Morgan fingerprint density at radius 3 is 1.70 bits per heavy atom. The molecule has 0 saturated carbocycles. The van der Waals surface area contributed by atoms with Crippen LogP contribution in [0, 0.1) is 6.92 Å². The van der Waals surface area contributed by atoms with E-state index in [4.69, 9.17) is 0 Å². The fourth-order valence-corrected chi connectivity index (χ4v) is 2.50. The van der Waals surface area contributed by atoms with E-state index >= 15 is 0 Å². The van der Waals surface area contributed by atoms with Crippen molar-refractivity contribution in [1.82, 2.24) is 0 Å². The fourth-order valence-electron chi connectivity index (χ4n) is 2.50. The summed E-state index contributed by atoms with van der Waals surface area (Å²) in [6.07, 6.45) is 1.73. The van der Waals surface area contributed by atoms with Gasteiger partial charge in [-0.15, -0.1) is 0 Å². The first-order valence-corrected chi connectivity index (χ1v) is 7.67. The number of carbonyl (C=O) groups is 1. The molecule has 0 aliphatic heterocycles. The molecule has 0 radical (unpaired) electrons. The van der Waals surface area contributed by atoms with E-state index in [0.29, 0.717) is 5.56 Å². The number of ketones is 1. The zero-order valence-corrected chi connectivity index (χ0v) is 13.1. The van der Waals surface area contributed by atoms with Crippen molar-refractivity contribution in [3.8, 4) is 0 Å². The van der Waals surface area contributed by atoms with Gasteiger partial charge in [0.05, 0.1) is 0 Å². The fraction of sp³-hybridized carbons (Fsp3) is 0.0455. The summed E-state index contributed by atoms with van der Waals surface area (Å²) in [4.78, 5) is 12.6. The number of benzene rings is 3. The molecule has 0 saturated heterocycles. The summed E-state index contributed by atoms with van der Waals surface area (Å²) in [6, 6.07) is 27.7. The Morgan fingerprint density at radius 2 is 1.13 bits per heavy atom. The quantitative estimate of drug-likeness (QED) is 0.471. The Hall–Kier alpha value is -2.93. The van der Waals surface area contributed by atoms with Gasteiger partial charge in [-0.2, -0.15) is 0 Å². The van der Waals surface area contributed by atoms with E-state index in [-0.39, 0.29) is 5.78 Å². The van der Waals surface area contributed by atoms with Crippen molar-refractivity contribution < 1.29 is 4.79 Å². The van der Waals surface area contributed by atoms with E-state index in [1.807, 2.05) is 60.7 Å². The van der Waals surface area contributed by atoms with Gasteiger partial charge in [-0.1, -0.05) is 90.5 Å². The second-order valence-electron chi connectivity index (χ2n) is 5.52. The molecule has 3 aromatic rings. The van der Waals surface area contributed by atoms with Gasteiger partial charge in [-0.25, -0.2) is 0 Å². The first-order valence-electron chi connectivity index (χ1n) is 7.67. The molecule has 3 aromatic carbocycles. The Morgan fingerprint density at radius 1 is 0.652 bits per heavy atom. The Balaban J connectivity index is 2.07. The van der Waals surface area contributed by atoms with Gasteiger partial charge in [-0.3, -0.25) is 4.79 Å². The third-order valence-corrected chi connectivity index (χ3v) is 3.78. The zero-order valence-electron chi connectivity index (χ0n) is 13.1. The van der Waals surface area contributed by atoms with Crippen LogP contribution in [0.2, 0.25) is 0 Å². The highest BCUT2D eigenvalue weighted by atomic mass is 16.1. The van der Waals surface area contributed by atoms with Crippen LogP contribution in [0.4, 0.5) is 0 Å². The second kappa shape index (κ2) is 6.89. The summed E-state index contributed by atoms with van der Waals surface area (Å²) >= 11 is 0. The Labute approximate surface area is 136 Å². The van der Waals surface area contributed by atoms with Gasteiger partial charge in [0.25, 0.3) is 0 Å². The second-order valence-corrected chi connectivity index (χ2v) is 5.52. The van der Waals surface area contributed by atoms with E-state index in [2.05, 4.69) is 31.2 Å². The van der Waals surface area contributed by atoms with Crippen LogP contribution in [-0.2, 0) is 0 Å². The predicted octanol–water partition coefficient (Wildman–Crippen LogP) is 5.31. The van der Waals surface area contributed by atoms with E-state index in [0.717, 1.165) is 16.7 Å².